The molecule has 0 fully saturated rings. The molecule has 0 unspecified atom stereocenters. The molecule has 1 atom stereocenters. The number of ether oxygens (including phenoxy) is 2. The number of carboxylic acid groups (broad SMARTS) is 1. The monoisotopic (exact) mass is 385 g/mol. The zero-order valence-electron chi connectivity index (χ0n) is 16.7. The lowest BCUT2D eigenvalue weighted by Gasteiger charge is -2.34. The largest absolute Gasteiger partial charge is 0.497 e. The summed E-state index contributed by atoms with van der Waals surface area (Å²) in [5.41, 5.74) is 0.760. The van der Waals surface area contributed by atoms with E-state index in [4.69, 9.17) is 9.47 Å². The average Bonchev–Trinajstić information content (AvgIpc) is 2.64. The molecular formula is C22H27NO5. The number of methoxy groups -OCH3 is 1. The minimum Gasteiger partial charge on any atom is -0.497 e. The lowest BCUT2D eigenvalue weighted by molar-refractivity contribution is -0.137. The van der Waals surface area contributed by atoms with Gasteiger partial charge in [0.25, 0.3) is 0 Å². The van der Waals surface area contributed by atoms with Gasteiger partial charge in [-0.1, -0.05) is 30.3 Å². The van der Waals surface area contributed by atoms with E-state index in [9.17, 15) is 14.7 Å². The van der Waals surface area contributed by atoms with Gasteiger partial charge in [-0.2, -0.15) is 0 Å². The molecule has 6 heteroatoms. The van der Waals surface area contributed by atoms with E-state index in [-0.39, 0.29) is 12.8 Å². The first-order chi connectivity index (χ1) is 13.2. The van der Waals surface area contributed by atoms with Crippen LogP contribution in [0.4, 0.5) is 10.5 Å². The highest BCUT2D eigenvalue weighted by Gasteiger charge is 2.31. The smallest absolute Gasteiger partial charge is 0.415 e. The van der Waals surface area contributed by atoms with Crippen LogP contribution < -0.4 is 9.64 Å². The molecule has 2 aromatic rings. The molecule has 0 bridgehead atoms. The van der Waals surface area contributed by atoms with E-state index in [2.05, 4.69) is 0 Å². The number of amides is 1. The summed E-state index contributed by atoms with van der Waals surface area (Å²) in [7, 11) is 1.57. The third-order valence-electron chi connectivity index (χ3n) is 4.07. The molecule has 2 rings (SSSR count). The second-order valence-electron chi connectivity index (χ2n) is 7.41. The van der Waals surface area contributed by atoms with Crippen molar-refractivity contribution in [1.29, 1.82) is 0 Å². The molecule has 0 aromatic heterocycles. The Balaban J connectivity index is 2.50. The van der Waals surface area contributed by atoms with Crippen molar-refractivity contribution in [2.24, 2.45) is 0 Å². The van der Waals surface area contributed by atoms with Crippen LogP contribution in [0.15, 0.2) is 54.6 Å². The van der Waals surface area contributed by atoms with Crippen molar-refractivity contribution in [2.75, 3.05) is 12.0 Å². The predicted molar refractivity (Wildman–Crippen MR) is 108 cm³/mol. The Morgan fingerprint density at radius 2 is 1.64 bits per heavy atom. The van der Waals surface area contributed by atoms with Gasteiger partial charge in [0, 0.05) is 12.1 Å². The third kappa shape index (κ3) is 6.01. The summed E-state index contributed by atoms with van der Waals surface area (Å²) in [6.45, 7) is 5.39. The van der Waals surface area contributed by atoms with Crippen LogP contribution in [0, 0.1) is 0 Å². The Labute approximate surface area is 165 Å². The van der Waals surface area contributed by atoms with Crippen LogP contribution >= 0.6 is 0 Å². The van der Waals surface area contributed by atoms with Gasteiger partial charge in [0.2, 0.25) is 0 Å². The fraction of sp³-hybridized carbons (Fsp3) is 0.364. The summed E-state index contributed by atoms with van der Waals surface area (Å²) in [6.07, 6.45) is -0.350. The quantitative estimate of drug-likeness (QED) is 0.722. The summed E-state index contributed by atoms with van der Waals surface area (Å²) in [4.78, 5) is 25.8. The van der Waals surface area contributed by atoms with Crippen molar-refractivity contribution in [3.8, 4) is 5.75 Å². The number of hydrogen-bond donors (Lipinski definition) is 1. The molecular weight excluding hydrogens is 358 g/mol. The van der Waals surface area contributed by atoms with Crippen molar-refractivity contribution < 1.29 is 24.2 Å². The fourth-order valence-corrected chi connectivity index (χ4v) is 2.85. The maximum Gasteiger partial charge on any atom is 0.415 e. The summed E-state index contributed by atoms with van der Waals surface area (Å²) < 4.78 is 10.8. The first kappa shape index (κ1) is 21.3. The number of benzene rings is 2. The van der Waals surface area contributed by atoms with Crippen LogP contribution in [-0.4, -0.2) is 29.9 Å². The Kier molecular flexibility index (Phi) is 7.04. The number of carbonyl (C=O) groups is 2. The molecule has 0 saturated carbocycles. The molecule has 0 aliphatic carbocycles. The second-order valence-corrected chi connectivity index (χ2v) is 7.41. The molecule has 150 valence electrons. The van der Waals surface area contributed by atoms with Gasteiger partial charge in [0.05, 0.1) is 13.2 Å². The van der Waals surface area contributed by atoms with E-state index in [0.29, 0.717) is 11.4 Å². The summed E-state index contributed by atoms with van der Waals surface area (Å²) in [6, 6.07) is 15.9. The summed E-state index contributed by atoms with van der Waals surface area (Å²) in [5, 5.41) is 9.20. The molecule has 6 nitrogen and oxygen atoms in total. The summed E-state index contributed by atoms with van der Waals surface area (Å²) >= 11 is 0. The Morgan fingerprint density at radius 1 is 1.04 bits per heavy atom. The van der Waals surface area contributed by atoms with Gasteiger partial charge in [-0.25, -0.2) is 4.79 Å². The molecule has 0 aliphatic heterocycles. The molecule has 28 heavy (non-hydrogen) atoms. The maximum atomic E-state index is 13.1. The Morgan fingerprint density at radius 3 is 2.14 bits per heavy atom. The van der Waals surface area contributed by atoms with Gasteiger partial charge in [-0.15, -0.1) is 0 Å². The van der Waals surface area contributed by atoms with Crippen molar-refractivity contribution in [2.45, 2.75) is 45.3 Å². The molecule has 1 amide bonds. The highest BCUT2D eigenvalue weighted by Crippen LogP contribution is 2.33. The predicted octanol–water partition coefficient (Wildman–Crippen LogP) is 5.04. The Hall–Kier alpha value is -3.02. The van der Waals surface area contributed by atoms with Crippen molar-refractivity contribution in [1.82, 2.24) is 0 Å². The van der Waals surface area contributed by atoms with Crippen molar-refractivity contribution >= 4 is 17.7 Å². The van der Waals surface area contributed by atoms with Crippen LogP contribution in [0.3, 0.4) is 0 Å². The highest BCUT2D eigenvalue weighted by atomic mass is 16.6. The van der Waals surface area contributed by atoms with Crippen LogP contribution in [0.25, 0.3) is 0 Å². The topological polar surface area (TPSA) is 76.1 Å². The molecule has 2 aromatic carbocycles. The van der Waals surface area contributed by atoms with E-state index in [1.165, 1.54) is 4.90 Å². The molecule has 0 aliphatic rings. The number of aliphatic carboxylic acids is 1. The Bertz CT molecular complexity index is 781. The highest BCUT2D eigenvalue weighted by molar-refractivity contribution is 5.89. The standard InChI is InChI=1S/C22H27NO5/c1-22(2,3)28-21(26)23(17-10-12-18(27-4)13-11-17)19(14-15-20(24)25)16-8-6-5-7-9-16/h5-13,19H,14-15H2,1-4H3,(H,24,25)/t19-/m1/s1. The zero-order chi connectivity index (χ0) is 20.7. The minimum atomic E-state index is -0.917. The van der Waals surface area contributed by atoms with Crippen LogP contribution in [-0.2, 0) is 9.53 Å². The van der Waals surface area contributed by atoms with Crippen molar-refractivity contribution in [3.05, 3.63) is 60.2 Å². The van der Waals surface area contributed by atoms with Gasteiger partial charge < -0.3 is 14.6 Å². The SMILES string of the molecule is COc1ccc(N(C(=O)OC(C)(C)C)[C@H](CCC(=O)O)c2ccccc2)cc1. The van der Waals surface area contributed by atoms with Crippen LogP contribution in [0.5, 0.6) is 5.75 Å². The maximum absolute atomic E-state index is 13.1. The van der Waals surface area contributed by atoms with Crippen LogP contribution in [0.2, 0.25) is 0 Å². The second kappa shape index (κ2) is 9.26. The van der Waals surface area contributed by atoms with Gasteiger partial charge in [-0.05, 0) is 57.0 Å². The van der Waals surface area contributed by atoms with E-state index in [1.54, 1.807) is 52.1 Å². The molecule has 1 N–H and O–H groups in total. The number of rotatable bonds is 7. The van der Waals surface area contributed by atoms with Gasteiger partial charge in [-0.3, -0.25) is 9.69 Å². The number of anilines is 1. The first-order valence-electron chi connectivity index (χ1n) is 9.14. The average molecular weight is 385 g/mol. The fourth-order valence-electron chi connectivity index (χ4n) is 2.85. The molecule has 0 radical (unpaired) electrons. The normalized spacial score (nSPS) is 12.1. The van der Waals surface area contributed by atoms with E-state index < -0.39 is 23.7 Å². The van der Waals surface area contributed by atoms with E-state index in [0.717, 1.165) is 5.56 Å². The lowest BCUT2D eigenvalue weighted by Crippen LogP contribution is -2.39. The number of carboxylic acids is 1. The number of nitrogens with zero attached hydrogens (tertiary/aromatic N) is 1. The number of carbonyl (C=O) groups excluding carboxylic acids is 1. The van der Waals surface area contributed by atoms with Crippen molar-refractivity contribution in [3.63, 3.8) is 0 Å². The van der Waals surface area contributed by atoms with Crippen LogP contribution in [0.1, 0.15) is 45.2 Å². The molecule has 0 heterocycles. The lowest BCUT2D eigenvalue weighted by atomic mass is 9.99. The third-order valence-corrected chi connectivity index (χ3v) is 4.07. The van der Waals surface area contributed by atoms with Gasteiger partial charge in [0.1, 0.15) is 11.4 Å². The summed E-state index contributed by atoms with van der Waals surface area (Å²) in [5.74, 6) is -0.255. The number of hydrogen-bond acceptors (Lipinski definition) is 4. The minimum absolute atomic E-state index is 0.0744. The zero-order valence-corrected chi connectivity index (χ0v) is 16.7. The van der Waals surface area contributed by atoms with E-state index in [1.807, 2.05) is 30.3 Å². The van der Waals surface area contributed by atoms with Gasteiger partial charge in [0.15, 0.2) is 0 Å². The van der Waals surface area contributed by atoms with Gasteiger partial charge >= 0.3 is 12.1 Å². The molecule has 0 saturated heterocycles. The van der Waals surface area contributed by atoms with E-state index >= 15 is 0 Å². The first-order valence-corrected chi connectivity index (χ1v) is 9.14. The molecule has 0 spiro atoms.